The van der Waals surface area contributed by atoms with Crippen LogP contribution in [0, 0.1) is 0 Å². The van der Waals surface area contributed by atoms with Gasteiger partial charge in [-0.2, -0.15) is 0 Å². The SMILES string of the molecule is CCCCCCCCCCC/C=C\C/C=C\CCCCCCCCCCCCCC(=O)NC(COP(=O)(O)OCC[N+](C)(C)C)C(O)/C=C/CCCCCCCCCCCCCCCCCCCCCCCC. The number of hydrogen-bond acceptors (Lipinski definition) is 5. The lowest BCUT2D eigenvalue weighted by molar-refractivity contribution is -0.870. The van der Waals surface area contributed by atoms with Crippen LogP contribution in [0.3, 0.4) is 0 Å². The number of phosphoric acid groups is 1. The highest BCUT2D eigenvalue weighted by Crippen LogP contribution is 2.43. The molecule has 0 aromatic rings. The quantitative estimate of drug-likeness (QED) is 0.0243. The maximum Gasteiger partial charge on any atom is 0.472 e. The van der Waals surface area contributed by atoms with Crippen molar-refractivity contribution in [3.8, 4) is 0 Å². The molecule has 0 spiro atoms. The first kappa shape index (κ1) is 71.7. The molecule has 9 heteroatoms. The summed E-state index contributed by atoms with van der Waals surface area (Å²) in [5.74, 6) is -0.175. The summed E-state index contributed by atoms with van der Waals surface area (Å²) in [6.45, 7) is 4.86. The van der Waals surface area contributed by atoms with Crippen LogP contribution in [-0.2, 0) is 18.4 Å². The van der Waals surface area contributed by atoms with Crippen LogP contribution in [0.1, 0.15) is 316 Å². The van der Waals surface area contributed by atoms with Gasteiger partial charge >= 0.3 is 7.82 Å². The minimum absolute atomic E-state index is 0.0619. The summed E-state index contributed by atoms with van der Waals surface area (Å²) in [7, 11) is 1.58. The van der Waals surface area contributed by atoms with E-state index in [1.165, 1.54) is 250 Å². The fourth-order valence-corrected chi connectivity index (χ4v) is 10.3. The van der Waals surface area contributed by atoms with E-state index in [1.807, 2.05) is 27.2 Å². The van der Waals surface area contributed by atoms with Crippen LogP contribution in [0.5, 0.6) is 0 Å². The molecule has 3 unspecified atom stereocenters. The number of carbonyl (C=O) groups is 1. The Bertz CT molecular complexity index is 1280. The summed E-state index contributed by atoms with van der Waals surface area (Å²) >= 11 is 0. The lowest BCUT2D eigenvalue weighted by atomic mass is 10.0. The van der Waals surface area contributed by atoms with Crippen molar-refractivity contribution in [1.29, 1.82) is 0 Å². The molecule has 73 heavy (non-hydrogen) atoms. The molecule has 0 aliphatic carbocycles. The number of hydrogen-bond donors (Lipinski definition) is 3. The van der Waals surface area contributed by atoms with E-state index in [2.05, 4.69) is 43.5 Å². The number of unbranched alkanes of at least 4 members (excludes halogenated alkanes) is 42. The van der Waals surface area contributed by atoms with Gasteiger partial charge in [0.2, 0.25) is 5.91 Å². The highest BCUT2D eigenvalue weighted by atomic mass is 31.2. The largest absolute Gasteiger partial charge is 0.472 e. The zero-order chi connectivity index (χ0) is 53.5. The molecule has 0 fully saturated rings. The van der Waals surface area contributed by atoms with E-state index in [1.54, 1.807) is 6.08 Å². The van der Waals surface area contributed by atoms with Gasteiger partial charge in [-0.25, -0.2) is 4.57 Å². The number of carbonyl (C=O) groups excluding carboxylic acids is 1. The fourth-order valence-electron chi connectivity index (χ4n) is 9.61. The molecule has 1 amide bonds. The Morgan fingerprint density at radius 2 is 0.781 bits per heavy atom. The summed E-state index contributed by atoms with van der Waals surface area (Å²) < 4.78 is 23.8. The number of aliphatic hydroxyl groups excluding tert-OH is 1. The maximum atomic E-state index is 13.0. The maximum absolute atomic E-state index is 13.0. The summed E-state index contributed by atoms with van der Waals surface area (Å²) in [4.78, 5) is 23.4. The third-order valence-corrected chi connectivity index (χ3v) is 15.6. The molecule has 3 atom stereocenters. The average molecular weight is 1050 g/mol. The third kappa shape index (κ3) is 58.2. The molecule has 8 nitrogen and oxygen atoms in total. The summed E-state index contributed by atoms with van der Waals surface area (Å²) in [6, 6.07) is -0.849. The second-order valence-corrected chi connectivity index (χ2v) is 24.6. The molecular weight excluding hydrogens is 924 g/mol. The van der Waals surface area contributed by atoms with Gasteiger partial charge in [0, 0.05) is 6.42 Å². The minimum atomic E-state index is -4.35. The number of phosphoric ester groups is 1. The summed E-state index contributed by atoms with van der Waals surface area (Å²) in [5, 5.41) is 14.0. The zero-order valence-electron chi connectivity index (χ0n) is 49.4. The van der Waals surface area contributed by atoms with E-state index < -0.39 is 20.0 Å². The number of nitrogens with zero attached hydrogens (tertiary/aromatic N) is 1. The van der Waals surface area contributed by atoms with Crippen LogP contribution in [0.4, 0.5) is 0 Å². The van der Waals surface area contributed by atoms with Crippen LogP contribution >= 0.6 is 7.82 Å². The molecule has 432 valence electrons. The van der Waals surface area contributed by atoms with Crippen molar-refractivity contribution in [3.05, 3.63) is 36.5 Å². The minimum Gasteiger partial charge on any atom is -0.387 e. The second-order valence-electron chi connectivity index (χ2n) is 23.1. The van der Waals surface area contributed by atoms with Crippen LogP contribution in [0.15, 0.2) is 36.5 Å². The Kier molecular flexibility index (Phi) is 54.5. The topological polar surface area (TPSA) is 105 Å². The van der Waals surface area contributed by atoms with Gasteiger partial charge in [0.05, 0.1) is 39.9 Å². The molecule has 0 rings (SSSR count). The van der Waals surface area contributed by atoms with Crippen LogP contribution in [-0.4, -0.2) is 73.4 Å². The Morgan fingerprint density at radius 3 is 1.12 bits per heavy atom. The normalized spacial score (nSPS) is 14.0. The Morgan fingerprint density at radius 1 is 0.466 bits per heavy atom. The number of amides is 1. The van der Waals surface area contributed by atoms with Gasteiger partial charge in [-0.15, -0.1) is 0 Å². The number of aliphatic hydroxyl groups is 1. The molecule has 0 saturated heterocycles. The number of allylic oxidation sites excluding steroid dienone is 5. The molecule has 0 heterocycles. The van der Waals surface area contributed by atoms with E-state index in [0.29, 0.717) is 17.4 Å². The zero-order valence-corrected chi connectivity index (χ0v) is 50.3. The lowest BCUT2D eigenvalue weighted by Gasteiger charge is -2.25. The van der Waals surface area contributed by atoms with Crippen molar-refractivity contribution in [2.45, 2.75) is 328 Å². The van der Waals surface area contributed by atoms with Crippen molar-refractivity contribution in [2.24, 2.45) is 0 Å². The molecule has 3 N–H and O–H groups in total. The van der Waals surface area contributed by atoms with E-state index >= 15 is 0 Å². The Labute approximate surface area is 455 Å². The summed E-state index contributed by atoms with van der Waals surface area (Å²) in [5.41, 5.74) is 0. The van der Waals surface area contributed by atoms with Gasteiger partial charge < -0.3 is 19.8 Å². The summed E-state index contributed by atoms with van der Waals surface area (Å²) in [6.07, 6.45) is 72.6. The fraction of sp³-hybridized carbons (Fsp3) is 0.891. The number of rotatable bonds is 59. The van der Waals surface area contributed by atoms with E-state index in [-0.39, 0.29) is 19.1 Å². The predicted molar refractivity (Wildman–Crippen MR) is 318 cm³/mol. The van der Waals surface area contributed by atoms with Gasteiger partial charge in [-0.05, 0) is 51.4 Å². The van der Waals surface area contributed by atoms with Crippen LogP contribution in [0.2, 0.25) is 0 Å². The van der Waals surface area contributed by atoms with Gasteiger partial charge in [0.25, 0.3) is 0 Å². The molecular formula is C64H126N2O6P+. The van der Waals surface area contributed by atoms with Crippen molar-refractivity contribution in [2.75, 3.05) is 40.9 Å². The van der Waals surface area contributed by atoms with Crippen molar-refractivity contribution in [3.63, 3.8) is 0 Å². The smallest absolute Gasteiger partial charge is 0.387 e. The van der Waals surface area contributed by atoms with E-state index in [0.717, 1.165) is 44.9 Å². The van der Waals surface area contributed by atoms with E-state index in [4.69, 9.17) is 9.05 Å². The Balaban J connectivity index is 4.14. The highest BCUT2D eigenvalue weighted by Gasteiger charge is 2.28. The van der Waals surface area contributed by atoms with Gasteiger partial charge in [0.1, 0.15) is 13.2 Å². The van der Waals surface area contributed by atoms with Gasteiger partial charge in [0.15, 0.2) is 0 Å². The molecule has 0 aromatic heterocycles. The molecule has 0 aliphatic rings. The molecule has 0 aromatic carbocycles. The molecule has 0 bridgehead atoms. The van der Waals surface area contributed by atoms with Gasteiger partial charge in [-0.1, -0.05) is 294 Å². The monoisotopic (exact) mass is 1050 g/mol. The standard InChI is InChI=1S/C64H125N2O6P/c1-6-8-10-12-14-16-18-20-22-24-26-28-30-32-33-34-36-38-40-42-44-46-48-50-52-54-56-58-64(68)65-62(61-72-73(69,70)71-60-59-66(3,4)5)63(67)57-55-53-51-49-47-45-43-41-39-37-35-31-29-27-25-23-21-19-17-15-13-11-9-7-2/h26,28,32-33,55,57,62-63,67H,6-25,27,29-31,34-54,56,58-61H2,1-5H3,(H-,65,68,69,70)/p+1/b28-26-,33-32-,57-55+. The highest BCUT2D eigenvalue weighted by molar-refractivity contribution is 7.47. The second kappa shape index (κ2) is 55.5. The molecule has 0 aliphatic heterocycles. The van der Waals surface area contributed by atoms with Crippen LogP contribution in [0.25, 0.3) is 0 Å². The van der Waals surface area contributed by atoms with Crippen LogP contribution < -0.4 is 5.32 Å². The van der Waals surface area contributed by atoms with Crippen molar-refractivity contribution >= 4 is 13.7 Å². The van der Waals surface area contributed by atoms with Crippen molar-refractivity contribution in [1.82, 2.24) is 5.32 Å². The number of nitrogens with one attached hydrogen (secondary N) is 1. The predicted octanol–water partition coefficient (Wildman–Crippen LogP) is 19.7. The number of quaternary nitrogens is 1. The van der Waals surface area contributed by atoms with E-state index in [9.17, 15) is 19.4 Å². The molecule has 0 radical (unpaired) electrons. The number of likely N-dealkylation sites (N-methyl/N-ethyl adjacent to an activating group) is 1. The van der Waals surface area contributed by atoms with Gasteiger partial charge in [-0.3, -0.25) is 13.8 Å². The first-order valence-electron chi connectivity index (χ1n) is 31.9. The average Bonchev–Trinajstić information content (AvgIpc) is 3.35. The third-order valence-electron chi connectivity index (χ3n) is 14.6. The lowest BCUT2D eigenvalue weighted by Crippen LogP contribution is -2.45. The first-order valence-corrected chi connectivity index (χ1v) is 33.4. The molecule has 0 saturated carbocycles. The Hall–Kier alpha value is -1.28. The first-order chi connectivity index (χ1) is 35.5. The van der Waals surface area contributed by atoms with Crippen molar-refractivity contribution < 1.29 is 32.9 Å².